The van der Waals surface area contributed by atoms with E-state index in [4.69, 9.17) is 0 Å². The maximum atomic E-state index is 11.4. The standard InChI is InChI=1S/C17H14N4O3/c1-10-7-8-21-14(9-10)18-15(17(23)24)16(21)20-19-13-5-3-12(4-6-13)11(2)22/h3-9H,1-2H3,(H,23,24). The molecule has 0 fully saturated rings. The van der Waals surface area contributed by atoms with Gasteiger partial charge in [0, 0.05) is 11.8 Å². The molecule has 7 nitrogen and oxygen atoms in total. The monoisotopic (exact) mass is 322 g/mol. The summed E-state index contributed by atoms with van der Waals surface area (Å²) < 4.78 is 1.57. The molecule has 2 aromatic heterocycles. The highest BCUT2D eigenvalue weighted by atomic mass is 16.4. The fourth-order valence-electron chi connectivity index (χ4n) is 2.24. The zero-order chi connectivity index (χ0) is 17.3. The summed E-state index contributed by atoms with van der Waals surface area (Å²) >= 11 is 0. The van der Waals surface area contributed by atoms with Gasteiger partial charge in [-0.3, -0.25) is 9.20 Å². The van der Waals surface area contributed by atoms with Crippen LogP contribution in [0.3, 0.4) is 0 Å². The molecular weight excluding hydrogens is 308 g/mol. The molecule has 0 aliphatic carbocycles. The minimum absolute atomic E-state index is 0.0381. The second kappa shape index (κ2) is 6.04. The first-order valence-corrected chi connectivity index (χ1v) is 7.20. The number of rotatable bonds is 4. The molecule has 1 N–H and O–H groups in total. The highest BCUT2D eigenvalue weighted by molar-refractivity contribution is 5.94. The molecule has 0 amide bonds. The number of benzene rings is 1. The normalized spacial score (nSPS) is 11.2. The van der Waals surface area contributed by atoms with E-state index in [9.17, 15) is 14.7 Å². The molecule has 1 aromatic carbocycles. The number of aryl methyl sites for hydroxylation is 1. The van der Waals surface area contributed by atoms with Gasteiger partial charge in [0.05, 0.1) is 5.69 Å². The highest BCUT2D eigenvalue weighted by Gasteiger charge is 2.18. The number of aromatic nitrogens is 2. The van der Waals surface area contributed by atoms with E-state index in [1.54, 1.807) is 40.9 Å². The fraction of sp³-hybridized carbons (Fsp3) is 0.118. The molecule has 0 unspecified atom stereocenters. The summed E-state index contributed by atoms with van der Waals surface area (Å²) in [6.45, 7) is 3.38. The number of ketones is 1. The number of imidazole rings is 1. The Morgan fingerprint density at radius 1 is 1.12 bits per heavy atom. The van der Waals surface area contributed by atoms with Crippen LogP contribution in [0.2, 0.25) is 0 Å². The number of pyridine rings is 1. The van der Waals surface area contributed by atoms with Crippen molar-refractivity contribution in [2.45, 2.75) is 13.8 Å². The number of nitrogens with zero attached hydrogens (tertiary/aromatic N) is 4. The number of hydrogen-bond acceptors (Lipinski definition) is 5. The minimum atomic E-state index is -1.17. The van der Waals surface area contributed by atoms with E-state index < -0.39 is 5.97 Å². The van der Waals surface area contributed by atoms with Gasteiger partial charge in [0.15, 0.2) is 17.3 Å². The molecular formula is C17H14N4O3. The molecule has 0 spiro atoms. The zero-order valence-corrected chi connectivity index (χ0v) is 13.1. The van der Waals surface area contributed by atoms with Crippen LogP contribution in [-0.4, -0.2) is 26.2 Å². The third-order valence-corrected chi connectivity index (χ3v) is 3.49. The van der Waals surface area contributed by atoms with Crippen LogP contribution in [0.5, 0.6) is 0 Å². The summed E-state index contributed by atoms with van der Waals surface area (Å²) in [5.74, 6) is -1.06. The van der Waals surface area contributed by atoms with Crippen molar-refractivity contribution >= 4 is 28.9 Å². The molecule has 120 valence electrons. The van der Waals surface area contributed by atoms with Gasteiger partial charge in [-0.15, -0.1) is 10.2 Å². The number of azo groups is 1. The van der Waals surface area contributed by atoms with Gasteiger partial charge in [-0.25, -0.2) is 9.78 Å². The average molecular weight is 322 g/mol. The number of carboxylic acids is 1. The smallest absolute Gasteiger partial charge is 0.358 e. The first-order chi connectivity index (χ1) is 11.5. The molecule has 0 radical (unpaired) electrons. The molecule has 0 aliphatic rings. The summed E-state index contributed by atoms with van der Waals surface area (Å²) in [6, 6.07) is 10.2. The number of carboxylic acid groups (broad SMARTS) is 1. The maximum Gasteiger partial charge on any atom is 0.358 e. The minimum Gasteiger partial charge on any atom is -0.476 e. The Balaban J connectivity index is 2.03. The van der Waals surface area contributed by atoms with Crippen molar-refractivity contribution in [1.82, 2.24) is 9.38 Å². The Hall–Kier alpha value is -3.35. The van der Waals surface area contributed by atoms with Crippen molar-refractivity contribution in [3.8, 4) is 0 Å². The van der Waals surface area contributed by atoms with Gasteiger partial charge in [0.1, 0.15) is 5.65 Å². The van der Waals surface area contributed by atoms with Crippen LogP contribution >= 0.6 is 0 Å². The van der Waals surface area contributed by atoms with Gasteiger partial charge < -0.3 is 5.11 Å². The molecule has 0 saturated heterocycles. The molecule has 3 aromatic rings. The van der Waals surface area contributed by atoms with Gasteiger partial charge >= 0.3 is 5.97 Å². The van der Waals surface area contributed by atoms with Crippen molar-refractivity contribution < 1.29 is 14.7 Å². The van der Waals surface area contributed by atoms with Gasteiger partial charge in [0.25, 0.3) is 0 Å². The number of fused-ring (bicyclic) bond motifs is 1. The van der Waals surface area contributed by atoms with Crippen LogP contribution in [0.15, 0.2) is 52.8 Å². The lowest BCUT2D eigenvalue weighted by Gasteiger charge is -1.98. The Morgan fingerprint density at radius 2 is 1.83 bits per heavy atom. The summed E-state index contributed by atoms with van der Waals surface area (Å²) in [4.78, 5) is 26.7. The highest BCUT2D eigenvalue weighted by Crippen LogP contribution is 2.25. The number of Topliss-reactive ketones (excluding diaryl/α,β-unsaturated/α-hetero) is 1. The van der Waals surface area contributed by atoms with E-state index >= 15 is 0 Å². The number of hydrogen-bond donors (Lipinski definition) is 1. The number of carbonyl (C=O) groups is 2. The van der Waals surface area contributed by atoms with Gasteiger partial charge in [-0.2, -0.15) is 0 Å². The molecule has 0 bridgehead atoms. The summed E-state index contributed by atoms with van der Waals surface area (Å²) in [7, 11) is 0. The van der Waals surface area contributed by atoms with Gasteiger partial charge in [-0.05, 0) is 55.8 Å². The second-order valence-corrected chi connectivity index (χ2v) is 5.32. The van der Waals surface area contributed by atoms with Crippen LogP contribution in [0.1, 0.15) is 33.3 Å². The van der Waals surface area contributed by atoms with Crippen molar-refractivity contribution in [2.24, 2.45) is 10.2 Å². The van der Waals surface area contributed by atoms with E-state index in [0.717, 1.165) is 5.56 Å². The van der Waals surface area contributed by atoms with Gasteiger partial charge in [0.2, 0.25) is 0 Å². The Morgan fingerprint density at radius 3 is 2.46 bits per heavy atom. The van der Waals surface area contributed by atoms with Crippen molar-refractivity contribution in [3.05, 3.63) is 59.4 Å². The Bertz CT molecular complexity index is 971. The summed E-state index contributed by atoms with van der Waals surface area (Å²) in [5, 5.41) is 17.4. The summed E-state index contributed by atoms with van der Waals surface area (Å²) in [5.41, 5.74) is 2.38. The van der Waals surface area contributed by atoms with E-state index in [1.165, 1.54) is 6.92 Å². The maximum absolute atomic E-state index is 11.4. The largest absolute Gasteiger partial charge is 0.476 e. The summed E-state index contributed by atoms with van der Waals surface area (Å²) in [6.07, 6.45) is 1.71. The third kappa shape index (κ3) is 2.91. The van der Waals surface area contributed by atoms with Crippen molar-refractivity contribution in [1.29, 1.82) is 0 Å². The van der Waals surface area contributed by atoms with E-state index in [2.05, 4.69) is 15.2 Å². The van der Waals surface area contributed by atoms with E-state index in [1.807, 2.05) is 13.0 Å². The van der Waals surface area contributed by atoms with Crippen LogP contribution in [-0.2, 0) is 0 Å². The quantitative estimate of drug-likeness (QED) is 0.581. The predicted molar refractivity (Wildman–Crippen MR) is 87.5 cm³/mol. The average Bonchev–Trinajstić information content (AvgIpc) is 2.91. The SMILES string of the molecule is CC(=O)c1ccc(N=Nc2c(C(=O)O)nc3cc(C)ccn23)cc1. The second-order valence-electron chi connectivity index (χ2n) is 5.32. The molecule has 24 heavy (non-hydrogen) atoms. The van der Waals surface area contributed by atoms with Crippen LogP contribution < -0.4 is 0 Å². The van der Waals surface area contributed by atoms with Crippen LogP contribution in [0.25, 0.3) is 5.65 Å². The molecule has 7 heteroatoms. The molecule has 2 heterocycles. The van der Waals surface area contributed by atoms with Crippen molar-refractivity contribution in [2.75, 3.05) is 0 Å². The fourth-order valence-corrected chi connectivity index (χ4v) is 2.24. The van der Waals surface area contributed by atoms with Crippen molar-refractivity contribution in [3.63, 3.8) is 0 Å². The topological polar surface area (TPSA) is 96.4 Å². The number of carbonyl (C=O) groups excluding carboxylic acids is 1. The Kier molecular flexibility index (Phi) is 3.91. The lowest BCUT2D eigenvalue weighted by Crippen LogP contribution is -1.96. The predicted octanol–water partition coefficient (Wildman–Crippen LogP) is 3.96. The lowest BCUT2D eigenvalue weighted by molar-refractivity contribution is 0.0692. The van der Waals surface area contributed by atoms with Crippen LogP contribution in [0.4, 0.5) is 11.5 Å². The molecule has 0 saturated carbocycles. The third-order valence-electron chi connectivity index (χ3n) is 3.49. The number of aromatic carboxylic acids is 1. The van der Waals surface area contributed by atoms with E-state index in [0.29, 0.717) is 16.9 Å². The van der Waals surface area contributed by atoms with Gasteiger partial charge in [-0.1, -0.05) is 0 Å². The first-order valence-electron chi connectivity index (χ1n) is 7.20. The molecule has 0 aliphatic heterocycles. The zero-order valence-electron chi connectivity index (χ0n) is 13.1. The Labute approximate surface area is 137 Å². The first kappa shape index (κ1) is 15.5. The van der Waals surface area contributed by atoms with E-state index in [-0.39, 0.29) is 17.3 Å². The molecule has 0 atom stereocenters. The molecule has 3 rings (SSSR count). The van der Waals surface area contributed by atoms with Crippen LogP contribution in [0, 0.1) is 6.92 Å². The lowest BCUT2D eigenvalue weighted by atomic mass is 10.1.